The molecule has 0 radical (unpaired) electrons. The number of nitrogens with one attached hydrogen (secondary N) is 3. The molecular weight excluding hydrogens is 393 g/mol. The summed E-state index contributed by atoms with van der Waals surface area (Å²) in [5.74, 6) is -0.259. The van der Waals surface area contributed by atoms with Gasteiger partial charge in [-0.2, -0.15) is 0 Å². The van der Waals surface area contributed by atoms with Crippen molar-refractivity contribution in [1.82, 2.24) is 10.3 Å². The number of benzene rings is 2. The Morgan fingerprint density at radius 1 is 1.00 bits per heavy atom. The Morgan fingerprint density at radius 2 is 1.66 bits per heavy atom. The van der Waals surface area contributed by atoms with Crippen LogP contribution >= 0.6 is 0 Å². The zero-order valence-corrected chi connectivity index (χ0v) is 16.9. The van der Waals surface area contributed by atoms with Gasteiger partial charge >= 0.3 is 0 Å². The number of rotatable bonds is 7. The van der Waals surface area contributed by atoms with Crippen molar-refractivity contribution < 1.29 is 17.6 Å². The SMILES string of the molecule is CC(C)c1ccc(S(=O)(=O)Nc2ccc(C(=O)NCc3ccc(F)cc3)[nH]2)cc1. The summed E-state index contributed by atoms with van der Waals surface area (Å²) in [6.07, 6.45) is 0. The van der Waals surface area contributed by atoms with E-state index in [0.29, 0.717) is 5.92 Å². The highest BCUT2D eigenvalue weighted by Gasteiger charge is 2.16. The minimum Gasteiger partial charge on any atom is -0.347 e. The van der Waals surface area contributed by atoms with Crippen LogP contribution in [0.4, 0.5) is 10.2 Å². The fourth-order valence-corrected chi connectivity index (χ4v) is 3.72. The monoisotopic (exact) mass is 415 g/mol. The normalized spacial score (nSPS) is 11.4. The maximum atomic E-state index is 12.9. The van der Waals surface area contributed by atoms with Crippen LogP contribution in [0.2, 0.25) is 0 Å². The van der Waals surface area contributed by atoms with E-state index < -0.39 is 15.9 Å². The van der Waals surface area contributed by atoms with Gasteiger partial charge in [-0.1, -0.05) is 38.1 Å². The Balaban J connectivity index is 1.64. The Kier molecular flexibility index (Phi) is 6.03. The second-order valence-electron chi connectivity index (χ2n) is 6.92. The van der Waals surface area contributed by atoms with Gasteiger partial charge in [0.25, 0.3) is 15.9 Å². The summed E-state index contributed by atoms with van der Waals surface area (Å²) in [5.41, 5.74) is 2.00. The lowest BCUT2D eigenvalue weighted by atomic mass is 10.0. The molecule has 0 atom stereocenters. The molecule has 3 N–H and O–H groups in total. The maximum absolute atomic E-state index is 12.9. The van der Waals surface area contributed by atoms with E-state index in [-0.39, 0.29) is 28.8 Å². The Hall–Kier alpha value is -3.13. The standard InChI is InChI=1S/C21H22FN3O3S/c1-14(2)16-5-9-18(10-6-16)29(27,28)25-20-12-11-19(24-20)21(26)23-13-15-3-7-17(22)8-4-15/h3-12,14,24-25H,13H2,1-2H3,(H,23,26). The van der Waals surface area contributed by atoms with E-state index >= 15 is 0 Å². The van der Waals surface area contributed by atoms with Crippen molar-refractivity contribution in [3.05, 3.63) is 83.3 Å². The van der Waals surface area contributed by atoms with Gasteiger partial charge in [-0.15, -0.1) is 0 Å². The fourth-order valence-electron chi connectivity index (χ4n) is 2.70. The van der Waals surface area contributed by atoms with Gasteiger partial charge in [-0.3, -0.25) is 9.52 Å². The van der Waals surface area contributed by atoms with Crippen molar-refractivity contribution in [3.63, 3.8) is 0 Å². The molecule has 3 rings (SSSR count). The van der Waals surface area contributed by atoms with Gasteiger partial charge in [-0.25, -0.2) is 12.8 Å². The third-order valence-electron chi connectivity index (χ3n) is 4.40. The lowest BCUT2D eigenvalue weighted by Gasteiger charge is -2.09. The number of sulfonamides is 1. The third kappa shape index (κ3) is 5.23. The van der Waals surface area contributed by atoms with Gasteiger partial charge in [0, 0.05) is 6.54 Å². The van der Waals surface area contributed by atoms with Crippen molar-refractivity contribution in [2.75, 3.05) is 4.72 Å². The van der Waals surface area contributed by atoms with Gasteiger partial charge in [0.15, 0.2) is 0 Å². The molecule has 1 amide bonds. The van der Waals surface area contributed by atoms with Gasteiger partial charge in [-0.05, 0) is 53.4 Å². The smallest absolute Gasteiger partial charge is 0.268 e. The van der Waals surface area contributed by atoms with Gasteiger partial charge < -0.3 is 10.3 Å². The number of anilines is 1. The summed E-state index contributed by atoms with van der Waals surface area (Å²) in [4.78, 5) is 15.1. The Bertz CT molecular complexity index is 1090. The molecule has 1 heterocycles. The van der Waals surface area contributed by atoms with Crippen LogP contribution in [0.3, 0.4) is 0 Å². The van der Waals surface area contributed by atoms with E-state index in [1.165, 1.54) is 24.3 Å². The highest BCUT2D eigenvalue weighted by molar-refractivity contribution is 7.92. The zero-order chi connectivity index (χ0) is 21.0. The van der Waals surface area contributed by atoms with Gasteiger partial charge in [0.2, 0.25) is 0 Å². The number of aromatic nitrogens is 1. The van der Waals surface area contributed by atoms with Crippen LogP contribution in [0, 0.1) is 5.82 Å². The van der Waals surface area contributed by atoms with Crippen molar-refractivity contribution in [3.8, 4) is 0 Å². The summed E-state index contributed by atoms with van der Waals surface area (Å²) in [6.45, 7) is 4.29. The predicted octanol–water partition coefficient (Wildman–Crippen LogP) is 4.01. The molecule has 0 spiro atoms. The topological polar surface area (TPSA) is 91.1 Å². The van der Waals surface area contributed by atoms with Crippen molar-refractivity contribution in [1.29, 1.82) is 0 Å². The first-order chi connectivity index (χ1) is 13.7. The van der Waals surface area contributed by atoms with Crippen LogP contribution in [0.25, 0.3) is 0 Å². The highest BCUT2D eigenvalue weighted by Crippen LogP contribution is 2.19. The number of hydrogen-bond donors (Lipinski definition) is 3. The molecule has 6 nitrogen and oxygen atoms in total. The molecule has 2 aromatic carbocycles. The van der Waals surface area contributed by atoms with Crippen molar-refractivity contribution in [2.24, 2.45) is 0 Å². The first kappa shape index (κ1) is 20.6. The molecule has 29 heavy (non-hydrogen) atoms. The maximum Gasteiger partial charge on any atom is 0.268 e. The number of halogens is 1. The number of H-pyrrole nitrogens is 1. The number of hydrogen-bond acceptors (Lipinski definition) is 3. The van der Waals surface area contributed by atoms with Gasteiger partial charge in [0.05, 0.1) is 4.90 Å². The molecule has 0 aliphatic rings. The number of carbonyl (C=O) groups excluding carboxylic acids is 1. The van der Waals surface area contributed by atoms with Crippen molar-refractivity contribution >= 4 is 21.7 Å². The van der Waals surface area contributed by atoms with E-state index in [0.717, 1.165) is 11.1 Å². The van der Waals surface area contributed by atoms with Crippen LogP contribution in [-0.4, -0.2) is 19.3 Å². The van der Waals surface area contributed by atoms with Crippen LogP contribution < -0.4 is 10.0 Å². The van der Waals surface area contributed by atoms with E-state index in [1.54, 1.807) is 36.4 Å². The van der Waals surface area contributed by atoms with E-state index in [1.807, 2.05) is 13.8 Å². The summed E-state index contributed by atoms with van der Waals surface area (Å²) < 4.78 is 40.4. The number of carbonyl (C=O) groups is 1. The minimum atomic E-state index is -3.78. The summed E-state index contributed by atoms with van der Waals surface area (Å²) in [5, 5.41) is 2.69. The van der Waals surface area contributed by atoms with Crippen molar-refractivity contribution in [2.45, 2.75) is 31.2 Å². The number of aromatic amines is 1. The summed E-state index contributed by atoms with van der Waals surface area (Å²) >= 11 is 0. The average Bonchev–Trinajstić information content (AvgIpc) is 3.15. The lowest BCUT2D eigenvalue weighted by molar-refractivity contribution is 0.0946. The molecular formula is C21H22FN3O3S. The average molecular weight is 415 g/mol. The lowest BCUT2D eigenvalue weighted by Crippen LogP contribution is -2.23. The largest absolute Gasteiger partial charge is 0.347 e. The summed E-state index contributed by atoms with van der Waals surface area (Å²) in [7, 11) is -3.78. The summed E-state index contributed by atoms with van der Waals surface area (Å²) in [6, 6.07) is 15.4. The highest BCUT2D eigenvalue weighted by atomic mass is 32.2. The first-order valence-corrected chi connectivity index (χ1v) is 10.6. The Morgan fingerprint density at radius 3 is 2.28 bits per heavy atom. The molecule has 0 aliphatic heterocycles. The van der Waals surface area contributed by atoms with Crippen LogP contribution in [0.15, 0.2) is 65.6 Å². The molecule has 152 valence electrons. The van der Waals surface area contributed by atoms with Crippen LogP contribution in [0.5, 0.6) is 0 Å². The second-order valence-corrected chi connectivity index (χ2v) is 8.61. The molecule has 0 unspecified atom stereocenters. The molecule has 0 saturated carbocycles. The fraction of sp³-hybridized carbons (Fsp3) is 0.190. The molecule has 0 saturated heterocycles. The van der Waals surface area contributed by atoms with E-state index in [2.05, 4.69) is 15.0 Å². The molecule has 0 fully saturated rings. The molecule has 3 aromatic rings. The van der Waals surface area contributed by atoms with E-state index in [4.69, 9.17) is 0 Å². The minimum absolute atomic E-state index is 0.138. The molecule has 8 heteroatoms. The molecule has 0 aliphatic carbocycles. The quantitative estimate of drug-likeness (QED) is 0.545. The predicted molar refractivity (Wildman–Crippen MR) is 110 cm³/mol. The van der Waals surface area contributed by atoms with E-state index in [9.17, 15) is 17.6 Å². The van der Waals surface area contributed by atoms with Crippen LogP contribution in [0.1, 0.15) is 41.4 Å². The van der Waals surface area contributed by atoms with Crippen LogP contribution in [-0.2, 0) is 16.6 Å². The van der Waals surface area contributed by atoms with Gasteiger partial charge in [0.1, 0.15) is 17.3 Å². The number of amides is 1. The molecule has 1 aromatic heterocycles. The Labute approximate surface area is 169 Å². The molecule has 0 bridgehead atoms. The second kappa shape index (κ2) is 8.48. The zero-order valence-electron chi connectivity index (χ0n) is 16.1. The first-order valence-electron chi connectivity index (χ1n) is 9.09. The third-order valence-corrected chi connectivity index (χ3v) is 5.78.